The van der Waals surface area contributed by atoms with Crippen LogP contribution in [0.2, 0.25) is 0 Å². The van der Waals surface area contributed by atoms with Crippen molar-refractivity contribution in [3.63, 3.8) is 0 Å². The van der Waals surface area contributed by atoms with Crippen LogP contribution in [0, 0.1) is 5.82 Å². The van der Waals surface area contributed by atoms with Crippen molar-refractivity contribution in [2.24, 2.45) is 0 Å². The maximum Gasteiger partial charge on any atom is 0.244 e. The van der Waals surface area contributed by atoms with Crippen molar-refractivity contribution in [3.8, 4) is 0 Å². The standard InChI is InChI=1S/C11H10ClFN2O/c1-7(12)11-14-10(15-16-11)6-8-2-4-9(13)5-3-8/h2-5,7H,6H2,1H3/t7-/m0/s1. The van der Waals surface area contributed by atoms with E-state index in [1.807, 2.05) is 0 Å². The van der Waals surface area contributed by atoms with Gasteiger partial charge in [-0.15, -0.1) is 11.6 Å². The third-order valence-electron chi connectivity index (χ3n) is 2.10. The van der Waals surface area contributed by atoms with E-state index < -0.39 is 0 Å². The fraction of sp³-hybridized carbons (Fsp3) is 0.273. The predicted molar refractivity (Wildman–Crippen MR) is 57.8 cm³/mol. The number of rotatable bonds is 3. The number of aromatic nitrogens is 2. The predicted octanol–water partition coefficient (Wildman–Crippen LogP) is 3.10. The summed E-state index contributed by atoms with van der Waals surface area (Å²) in [7, 11) is 0. The van der Waals surface area contributed by atoms with Crippen molar-refractivity contribution in [1.82, 2.24) is 10.1 Å². The molecule has 0 N–H and O–H groups in total. The van der Waals surface area contributed by atoms with Gasteiger partial charge in [0.15, 0.2) is 5.82 Å². The molecule has 0 spiro atoms. The van der Waals surface area contributed by atoms with E-state index in [-0.39, 0.29) is 11.2 Å². The zero-order chi connectivity index (χ0) is 11.5. The molecule has 0 aliphatic rings. The van der Waals surface area contributed by atoms with Gasteiger partial charge in [-0.2, -0.15) is 4.98 Å². The first-order chi connectivity index (χ1) is 7.65. The molecule has 1 atom stereocenters. The maximum absolute atomic E-state index is 12.7. The van der Waals surface area contributed by atoms with Crippen molar-refractivity contribution in [3.05, 3.63) is 47.4 Å². The van der Waals surface area contributed by atoms with Gasteiger partial charge in [0, 0.05) is 6.42 Å². The third-order valence-corrected chi connectivity index (χ3v) is 2.29. The molecule has 0 fully saturated rings. The molecule has 5 heteroatoms. The average Bonchev–Trinajstić information content (AvgIpc) is 2.70. The Bertz CT molecular complexity index is 467. The highest BCUT2D eigenvalue weighted by molar-refractivity contribution is 6.20. The Kier molecular flexibility index (Phi) is 3.19. The summed E-state index contributed by atoms with van der Waals surface area (Å²) in [5.74, 6) is 0.694. The first kappa shape index (κ1) is 11.1. The maximum atomic E-state index is 12.7. The Morgan fingerprint density at radius 3 is 2.62 bits per heavy atom. The molecule has 0 saturated carbocycles. The molecule has 0 aliphatic carbocycles. The SMILES string of the molecule is C[C@H](Cl)c1nc(Cc2ccc(F)cc2)no1. The van der Waals surface area contributed by atoms with Gasteiger partial charge in [-0.1, -0.05) is 17.3 Å². The van der Waals surface area contributed by atoms with Crippen molar-refractivity contribution >= 4 is 11.6 Å². The van der Waals surface area contributed by atoms with E-state index in [0.29, 0.717) is 18.1 Å². The molecule has 2 aromatic rings. The number of hydrogen-bond acceptors (Lipinski definition) is 3. The molecule has 0 aliphatic heterocycles. The lowest BCUT2D eigenvalue weighted by Crippen LogP contribution is -1.92. The molecular formula is C11H10ClFN2O. The van der Waals surface area contributed by atoms with Crippen LogP contribution in [-0.4, -0.2) is 10.1 Å². The fourth-order valence-corrected chi connectivity index (χ4v) is 1.37. The minimum atomic E-state index is -0.297. The van der Waals surface area contributed by atoms with E-state index >= 15 is 0 Å². The number of alkyl halides is 1. The summed E-state index contributed by atoms with van der Waals surface area (Å²) in [5.41, 5.74) is 0.927. The topological polar surface area (TPSA) is 38.9 Å². The first-order valence-corrected chi connectivity index (χ1v) is 5.30. The minimum absolute atomic E-state index is 0.257. The smallest absolute Gasteiger partial charge is 0.244 e. The van der Waals surface area contributed by atoms with E-state index in [1.165, 1.54) is 12.1 Å². The molecule has 1 aromatic heterocycles. The molecule has 0 saturated heterocycles. The molecule has 0 radical (unpaired) electrons. The molecule has 0 bridgehead atoms. The largest absolute Gasteiger partial charge is 0.338 e. The molecule has 1 heterocycles. The van der Waals surface area contributed by atoms with Gasteiger partial charge in [0.1, 0.15) is 11.2 Å². The molecule has 3 nitrogen and oxygen atoms in total. The molecule has 2 rings (SSSR count). The van der Waals surface area contributed by atoms with Crippen LogP contribution in [0.4, 0.5) is 4.39 Å². The van der Waals surface area contributed by atoms with Crippen LogP contribution in [0.15, 0.2) is 28.8 Å². The molecular weight excluding hydrogens is 231 g/mol. The summed E-state index contributed by atoms with van der Waals surface area (Å²) < 4.78 is 17.6. The lowest BCUT2D eigenvalue weighted by atomic mass is 10.1. The van der Waals surface area contributed by atoms with E-state index in [0.717, 1.165) is 5.56 Å². The van der Waals surface area contributed by atoms with Crippen LogP contribution in [0.1, 0.15) is 29.6 Å². The third kappa shape index (κ3) is 2.58. The number of hydrogen-bond donors (Lipinski definition) is 0. The highest BCUT2D eigenvalue weighted by atomic mass is 35.5. The average molecular weight is 241 g/mol. The highest BCUT2D eigenvalue weighted by Crippen LogP contribution is 2.17. The van der Waals surface area contributed by atoms with E-state index in [4.69, 9.17) is 16.1 Å². The van der Waals surface area contributed by atoms with Gasteiger partial charge in [0.25, 0.3) is 0 Å². The zero-order valence-corrected chi connectivity index (χ0v) is 9.41. The Balaban J connectivity index is 2.11. The van der Waals surface area contributed by atoms with Crippen molar-refractivity contribution in [2.45, 2.75) is 18.7 Å². The van der Waals surface area contributed by atoms with Gasteiger partial charge in [-0.3, -0.25) is 0 Å². The van der Waals surface area contributed by atoms with Crippen LogP contribution in [0.3, 0.4) is 0 Å². The zero-order valence-electron chi connectivity index (χ0n) is 8.65. The quantitative estimate of drug-likeness (QED) is 0.774. The van der Waals surface area contributed by atoms with E-state index in [9.17, 15) is 4.39 Å². The van der Waals surface area contributed by atoms with Crippen molar-refractivity contribution < 1.29 is 8.91 Å². The summed E-state index contributed by atoms with van der Waals surface area (Å²) in [6.07, 6.45) is 0.507. The highest BCUT2D eigenvalue weighted by Gasteiger charge is 2.11. The van der Waals surface area contributed by atoms with Crippen LogP contribution in [0.5, 0.6) is 0 Å². The molecule has 16 heavy (non-hydrogen) atoms. The van der Waals surface area contributed by atoms with Crippen molar-refractivity contribution in [1.29, 1.82) is 0 Å². The van der Waals surface area contributed by atoms with Gasteiger partial charge in [0.05, 0.1) is 0 Å². The van der Waals surface area contributed by atoms with Gasteiger partial charge in [-0.25, -0.2) is 4.39 Å². The molecule has 0 amide bonds. The second-order valence-electron chi connectivity index (χ2n) is 3.47. The van der Waals surface area contributed by atoms with Gasteiger partial charge >= 0.3 is 0 Å². The normalized spacial score (nSPS) is 12.7. The van der Waals surface area contributed by atoms with Crippen LogP contribution in [0.25, 0.3) is 0 Å². The van der Waals surface area contributed by atoms with Crippen LogP contribution < -0.4 is 0 Å². The molecule has 84 valence electrons. The summed E-state index contributed by atoms with van der Waals surface area (Å²) >= 11 is 5.79. The number of nitrogens with zero attached hydrogens (tertiary/aromatic N) is 2. The summed E-state index contributed by atoms with van der Waals surface area (Å²) in [4.78, 5) is 4.12. The fourth-order valence-electron chi connectivity index (χ4n) is 1.29. The van der Waals surface area contributed by atoms with Crippen LogP contribution >= 0.6 is 11.6 Å². The van der Waals surface area contributed by atoms with Gasteiger partial charge in [-0.05, 0) is 24.6 Å². The lowest BCUT2D eigenvalue weighted by Gasteiger charge is -1.95. The Morgan fingerprint density at radius 2 is 2.06 bits per heavy atom. The Labute approximate surface area is 97.2 Å². The van der Waals surface area contributed by atoms with E-state index in [2.05, 4.69) is 10.1 Å². The second-order valence-corrected chi connectivity index (χ2v) is 4.12. The lowest BCUT2D eigenvalue weighted by molar-refractivity contribution is 0.374. The first-order valence-electron chi connectivity index (χ1n) is 4.86. The van der Waals surface area contributed by atoms with Gasteiger partial charge in [0.2, 0.25) is 5.89 Å². The van der Waals surface area contributed by atoms with Crippen LogP contribution in [-0.2, 0) is 6.42 Å². The molecule has 1 aromatic carbocycles. The summed E-state index contributed by atoms with van der Waals surface area (Å²) in [6, 6.07) is 6.19. The van der Waals surface area contributed by atoms with Crippen molar-refractivity contribution in [2.75, 3.05) is 0 Å². The Hall–Kier alpha value is -1.42. The van der Waals surface area contributed by atoms with E-state index in [1.54, 1.807) is 19.1 Å². The number of benzene rings is 1. The summed E-state index contributed by atoms with van der Waals surface area (Å²) in [5, 5.41) is 3.49. The monoisotopic (exact) mass is 240 g/mol. The molecule has 0 unspecified atom stereocenters. The minimum Gasteiger partial charge on any atom is -0.338 e. The second kappa shape index (κ2) is 4.61. The van der Waals surface area contributed by atoms with Gasteiger partial charge < -0.3 is 4.52 Å². The Morgan fingerprint density at radius 1 is 1.38 bits per heavy atom. The summed E-state index contributed by atoms with van der Waals surface area (Å²) in [6.45, 7) is 1.76. The number of halogens is 2.